The Hall–Kier alpha value is -2.90. The minimum absolute atomic E-state index is 0.0383. The Labute approximate surface area is 157 Å². The molecule has 1 heterocycles. The summed E-state index contributed by atoms with van der Waals surface area (Å²) in [4.78, 5) is 24.0. The zero-order valence-corrected chi connectivity index (χ0v) is 14.8. The number of benzene rings is 2. The number of ether oxygens (including phenoxy) is 1. The molecule has 3 rings (SSSR count). The Kier molecular flexibility index (Phi) is 6.05. The molecule has 1 saturated heterocycles. The molecule has 5 N–H and O–H groups in total. The number of morpholine rings is 1. The second kappa shape index (κ2) is 8.66. The minimum atomic E-state index is -0.720. The van der Waals surface area contributed by atoms with Crippen molar-refractivity contribution in [2.75, 3.05) is 13.2 Å². The molecule has 0 aliphatic carbocycles. The van der Waals surface area contributed by atoms with Crippen LogP contribution in [-0.2, 0) is 20.7 Å². The van der Waals surface area contributed by atoms with E-state index in [1.807, 2.05) is 30.3 Å². The molecule has 0 unspecified atom stereocenters. The lowest BCUT2D eigenvalue weighted by atomic mass is 9.99. The van der Waals surface area contributed by atoms with E-state index in [0.29, 0.717) is 6.42 Å². The van der Waals surface area contributed by atoms with Gasteiger partial charge in [-0.2, -0.15) is 0 Å². The molecule has 3 atom stereocenters. The molecule has 1 aliphatic rings. The van der Waals surface area contributed by atoms with E-state index >= 15 is 0 Å². The Morgan fingerprint density at radius 1 is 1.22 bits per heavy atom. The van der Waals surface area contributed by atoms with Crippen LogP contribution in [0.2, 0.25) is 0 Å². The second-order valence-corrected chi connectivity index (χ2v) is 6.53. The van der Waals surface area contributed by atoms with Gasteiger partial charge in [-0.1, -0.05) is 42.5 Å². The van der Waals surface area contributed by atoms with E-state index in [-0.39, 0.29) is 42.9 Å². The van der Waals surface area contributed by atoms with Gasteiger partial charge in [0.05, 0.1) is 18.2 Å². The summed E-state index contributed by atoms with van der Waals surface area (Å²) in [6.07, 6.45) is -0.0221. The third-order valence-electron chi connectivity index (χ3n) is 4.48. The normalized spacial score (nSPS) is 20.6. The number of carbonyl (C=O) groups is 2. The van der Waals surface area contributed by atoms with E-state index in [2.05, 4.69) is 10.6 Å². The fourth-order valence-corrected chi connectivity index (χ4v) is 3.03. The van der Waals surface area contributed by atoms with Crippen molar-refractivity contribution >= 4 is 11.8 Å². The number of aromatic hydroxyl groups is 1. The fourth-order valence-electron chi connectivity index (χ4n) is 3.03. The number of amides is 2. The van der Waals surface area contributed by atoms with Gasteiger partial charge >= 0.3 is 0 Å². The maximum Gasteiger partial charge on any atom is 0.246 e. The molecule has 2 aromatic carbocycles. The summed E-state index contributed by atoms with van der Waals surface area (Å²) in [6, 6.07) is 15.0. The average Bonchev–Trinajstić information content (AvgIpc) is 2.69. The first kappa shape index (κ1) is 18.9. The first-order chi connectivity index (χ1) is 13.0. The molecule has 27 heavy (non-hydrogen) atoms. The van der Waals surface area contributed by atoms with E-state index in [0.717, 1.165) is 11.1 Å². The van der Waals surface area contributed by atoms with Gasteiger partial charge in [-0.25, -0.2) is 0 Å². The maximum atomic E-state index is 12.3. The second-order valence-electron chi connectivity index (χ2n) is 6.53. The van der Waals surface area contributed by atoms with Crippen LogP contribution in [0.25, 0.3) is 0 Å². The molecule has 0 saturated carbocycles. The lowest BCUT2D eigenvalue weighted by molar-refractivity contribution is -0.137. The molecule has 0 spiro atoms. The molecule has 0 aromatic heterocycles. The third kappa shape index (κ3) is 5.06. The van der Waals surface area contributed by atoms with Crippen molar-refractivity contribution in [3.8, 4) is 5.75 Å². The first-order valence-electron chi connectivity index (χ1n) is 8.80. The van der Waals surface area contributed by atoms with E-state index in [1.54, 1.807) is 24.3 Å². The first-order valence-corrected chi connectivity index (χ1v) is 8.80. The number of nitrogens with two attached hydrogens (primary N) is 1. The molecule has 7 nitrogen and oxygen atoms in total. The minimum Gasteiger partial charge on any atom is -0.508 e. The van der Waals surface area contributed by atoms with Gasteiger partial charge in [-0.15, -0.1) is 0 Å². The van der Waals surface area contributed by atoms with E-state index in [1.165, 1.54) is 0 Å². The SMILES string of the molecule is N[C@@H](Cc1ccc(O)cc1)C(=O)NC[C@@H]1OCC(=O)N[C@@H]1c1ccccc1. The average molecular weight is 369 g/mol. The highest BCUT2D eigenvalue weighted by Crippen LogP contribution is 2.22. The lowest BCUT2D eigenvalue weighted by Crippen LogP contribution is -2.52. The van der Waals surface area contributed by atoms with Crippen LogP contribution in [0.5, 0.6) is 5.75 Å². The maximum absolute atomic E-state index is 12.3. The highest BCUT2D eigenvalue weighted by Gasteiger charge is 2.31. The Morgan fingerprint density at radius 3 is 2.63 bits per heavy atom. The topological polar surface area (TPSA) is 114 Å². The highest BCUT2D eigenvalue weighted by atomic mass is 16.5. The molecular weight excluding hydrogens is 346 g/mol. The zero-order chi connectivity index (χ0) is 19.2. The number of phenols is 1. The summed E-state index contributed by atoms with van der Waals surface area (Å²) in [5, 5.41) is 15.0. The molecular formula is C20H23N3O4. The van der Waals surface area contributed by atoms with Crippen LogP contribution in [0.3, 0.4) is 0 Å². The van der Waals surface area contributed by atoms with Gasteiger partial charge in [-0.3, -0.25) is 9.59 Å². The Bertz CT molecular complexity index is 780. The summed E-state index contributed by atoms with van der Waals surface area (Å²) in [5.74, 6) is -0.314. The van der Waals surface area contributed by atoms with E-state index in [9.17, 15) is 14.7 Å². The van der Waals surface area contributed by atoms with Crippen molar-refractivity contribution in [2.24, 2.45) is 5.73 Å². The standard InChI is InChI=1S/C20H23N3O4/c21-16(10-13-6-8-15(24)9-7-13)20(26)22-11-17-19(23-18(25)12-27-17)14-4-2-1-3-5-14/h1-9,16-17,19,24H,10-12,21H2,(H,22,26)(H,23,25)/t16-,17-,19+/m0/s1. The van der Waals surface area contributed by atoms with Crippen LogP contribution in [0.1, 0.15) is 17.2 Å². The largest absolute Gasteiger partial charge is 0.508 e. The number of hydrogen-bond acceptors (Lipinski definition) is 5. The summed E-state index contributed by atoms with van der Waals surface area (Å²) in [7, 11) is 0. The van der Waals surface area contributed by atoms with Crippen LogP contribution in [0.4, 0.5) is 0 Å². The van der Waals surface area contributed by atoms with Gasteiger partial charge < -0.3 is 26.2 Å². The summed E-state index contributed by atoms with van der Waals surface area (Å²) >= 11 is 0. The van der Waals surface area contributed by atoms with Crippen molar-refractivity contribution in [1.29, 1.82) is 0 Å². The third-order valence-corrected chi connectivity index (χ3v) is 4.48. The van der Waals surface area contributed by atoms with Gasteiger partial charge in [-0.05, 0) is 29.7 Å². The monoisotopic (exact) mass is 369 g/mol. The van der Waals surface area contributed by atoms with Crippen LogP contribution < -0.4 is 16.4 Å². The van der Waals surface area contributed by atoms with Crippen LogP contribution >= 0.6 is 0 Å². The van der Waals surface area contributed by atoms with Crippen LogP contribution in [-0.4, -0.2) is 42.2 Å². The number of nitrogens with one attached hydrogen (secondary N) is 2. The highest BCUT2D eigenvalue weighted by molar-refractivity contribution is 5.82. The Balaban J connectivity index is 1.57. The smallest absolute Gasteiger partial charge is 0.246 e. The molecule has 2 aromatic rings. The van der Waals surface area contributed by atoms with Crippen molar-refractivity contribution < 1.29 is 19.4 Å². The summed E-state index contributed by atoms with van der Waals surface area (Å²) in [5.41, 5.74) is 7.76. The quantitative estimate of drug-likeness (QED) is 0.597. The van der Waals surface area contributed by atoms with Crippen molar-refractivity contribution in [1.82, 2.24) is 10.6 Å². The van der Waals surface area contributed by atoms with Crippen molar-refractivity contribution in [3.63, 3.8) is 0 Å². The van der Waals surface area contributed by atoms with Gasteiger partial charge in [0.1, 0.15) is 12.4 Å². The van der Waals surface area contributed by atoms with E-state index < -0.39 is 6.04 Å². The molecule has 1 fully saturated rings. The van der Waals surface area contributed by atoms with Gasteiger partial charge in [0, 0.05) is 6.54 Å². The van der Waals surface area contributed by atoms with Crippen LogP contribution in [0, 0.1) is 0 Å². The van der Waals surface area contributed by atoms with E-state index in [4.69, 9.17) is 10.5 Å². The molecule has 0 bridgehead atoms. The number of hydrogen-bond donors (Lipinski definition) is 4. The number of phenolic OH excluding ortho intramolecular Hbond substituents is 1. The van der Waals surface area contributed by atoms with Gasteiger partial charge in [0.2, 0.25) is 11.8 Å². The molecule has 2 amide bonds. The van der Waals surface area contributed by atoms with Crippen LogP contribution in [0.15, 0.2) is 54.6 Å². The molecule has 142 valence electrons. The predicted octanol–water partition coefficient (Wildman–Crippen LogP) is 0.635. The summed E-state index contributed by atoms with van der Waals surface area (Å²) in [6.45, 7) is 0.200. The zero-order valence-electron chi connectivity index (χ0n) is 14.8. The summed E-state index contributed by atoms with van der Waals surface area (Å²) < 4.78 is 5.62. The molecule has 1 aliphatic heterocycles. The van der Waals surface area contributed by atoms with Gasteiger partial charge in [0.15, 0.2) is 0 Å². The Morgan fingerprint density at radius 2 is 1.93 bits per heavy atom. The van der Waals surface area contributed by atoms with Crippen molar-refractivity contribution in [2.45, 2.75) is 24.6 Å². The number of carbonyl (C=O) groups excluding carboxylic acids is 2. The lowest BCUT2D eigenvalue weighted by Gasteiger charge is -2.33. The molecule has 0 radical (unpaired) electrons. The molecule has 7 heteroatoms. The number of rotatable bonds is 6. The van der Waals surface area contributed by atoms with Crippen molar-refractivity contribution in [3.05, 3.63) is 65.7 Å². The van der Waals surface area contributed by atoms with Gasteiger partial charge in [0.25, 0.3) is 0 Å². The fraction of sp³-hybridized carbons (Fsp3) is 0.300. The predicted molar refractivity (Wildman–Crippen MR) is 99.9 cm³/mol.